The lowest BCUT2D eigenvalue weighted by Gasteiger charge is -2.22. The molecule has 5 aromatic rings. The van der Waals surface area contributed by atoms with Crippen molar-refractivity contribution in [2.45, 2.75) is 13.5 Å². The van der Waals surface area contributed by atoms with E-state index in [0.29, 0.717) is 22.5 Å². The Morgan fingerprint density at radius 3 is 1.79 bits per heavy atom. The van der Waals surface area contributed by atoms with Crippen molar-refractivity contribution in [1.82, 2.24) is 4.57 Å². The molecular weight excluding hydrogens is 678 g/mol. The Bertz CT molecular complexity index is 1860. The number of rotatable bonds is 13. The summed E-state index contributed by atoms with van der Waals surface area (Å²) in [5.41, 5.74) is 4.71. The van der Waals surface area contributed by atoms with Gasteiger partial charge in [0.25, 0.3) is 11.4 Å². The molecule has 0 unspecified atom stereocenters. The van der Waals surface area contributed by atoms with Crippen molar-refractivity contribution < 1.29 is 31.4 Å². The Kier molecular flexibility index (Phi) is 12.1. The molecule has 0 aliphatic heterocycles. The molecular formula is C34H32BrN9O4. The van der Waals surface area contributed by atoms with Gasteiger partial charge >= 0.3 is 0 Å². The van der Waals surface area contributed by atoms with Crippen molar-refractivity contribution >= 4 is 40.4 Å². The van der Waals surface area contributed by atoms with Crippen LogP contribution in [-0.2, 0) is 13.6 Å². The van der Waals surface area contributed by atoms with Gasteiger partial charge in [-0.25, -0.2) is 9.13 Å². The second-order valence-electron chi connectivity index (χ2n) is 10.5. The molecule has 0 bridgehead atoms. The number of hydrogen-bond acceptors (Lipinski definition) is 9. The largest absolute Gasteiger partial charge is 1.00 e. The molecule has 14 heteroatoms. The molecule has 0 N–H and O–H groups in total. The Balaban J connectivity index is 0.00000520. The van der Waals surface area contributed by atoms with Crippen LogP contribution in [0.5, 0.6) is 0 Å². The molecule has 1 heterocycles. The van der Waals surface area contributed by atoms with Gasteiger partial charge in [0.05, 0.1) is 41.0 Å². The van der Waals surface area contributed by atoms with Gasteiger partial charge < -0.3 is 21.9 Å². The molecule has 0 saturated carbocycles. The van der Waals surface area contributed by atoms with E-state index < -0.39 is 9.85 Å². The molecule has 0 saturated heterocycles. The van der Waals surface area contributed by atoms with Gasteiger partial charge in [0.1, 0.15) is 24.7 Å². The van der Waals surface area contributed by atoms with E-state index in [1.54, 1.807) is 30.5 Å². The van der Waals surface area contributed by atoms with Crippen molar-refractivity contribution in [2.24, 2.45) is 27.5 Å². The molecule has 0 atom stereocenters. The third-order valence-corrected chi connectivity index (χ3v) is 7.29. The number of nitro benzene ring substituents is 2. The minimum Gasteiger partial charge on any atom is -1.00 e. The van der Waals surface area contributed by atoms with E-state index in [9.17, 15) is 20.2 Å². The number of halogens is 1. The van der Waals surface area contributed by atoms with Gasteiger partial charge in [-0.05, 0) is 73.2 Å². The number of hydrogen-bond donors (Lipinski definition) is 0. The van der Waals surface area contributed by atoms with Crippen LogP contribution in [0.1, 0.15) is 23.6 Å². The summed E-state index contributed by atoms with van der Waals surface area (Å²) in [6.07, 6.45) is 7.72. The van der Waals surface area contributed by atoms with Crippen molar-refractivity contribution in [3.63, 3.8) is 0 Å². The molecule has 0 spiro atoms. The number of azo groups is 1. The Morgan fingerprint density at radius 1 is 0.812 bits per heavy atom. The molecule has 48 heavy (non-hydrogen) atoms. The summed E-state index contributed by atoms with van der Waals surface area (Å²) in [6.45, 7) is 4.82. The third-order valence-electron chi connectivity index (χ3n) is 7.29. The predicted octanol–water partition coefficient (Wildman–Crippen LogP) is 3.95. The summed E-state index contributed by atoms with van der Waals surface area (Å²) in [5.74, 6) is 0. The molecule has 244 valence electrons. The van der Waals surface area contributed by atoms with Crippen LogP contribution in [0.15, 0.2) is 136 Å². The first-order chi connectivity index (χ1) is 22.8. The maximum Gasteiger partial charge on any atom is 0.269 e. The van der Waals surface area contributed by atoms with Crippen molar-refractivity contribution in [1.29, 1.82) is 0 Å². The van der Waals surface area contributed by atoms with Gasteiger partial charge in [0.15, 0.2) is 0 Å². The average Bonchev–Trinajstić information content (AvgIpc) is 3.52. The van der Waals surface area contributed by atoms with Crippen molar-refractivity contribution in [3.8, 4) is 0 Å². The number of aromatic nitrogens is 2. The number of non-ortho nitro benzene ring substituents is 2. The topological polar surface area (TPSA) is 148 Å². The number of anilines is 1. The zero-order valence-electron chi connectivity index (χ0n) is 26.2. The van der Waals surface area contributed by atoms with E-state index >= 15 is 0 Å². The maximum absolute atomic E-state index is 11.1. The number of benzene rings is 4. The predicted molar refractivity (Wildman–Crippen MR) is 180 cm³/mol. The van der Waals surface area contributed by atoms with Crippen LogP contribution >= 0.6 is 0 Å². The van der Waals surface area contributed by atoms with Gasteiger partial charge in [-0.1, -0.05) is 12.1 Å². The third kappa shape index (κ3) is 9.33. The SMILES string of the molecule is CCN(CC[n+]1ccn(C)c1)c1ccc(N=Nc2ccc(C=NN=C(c3ccc([N+](=O)[O-])cc3)c3ccc([N+](=O)[O-])cc3)cc2)cc1.[Br-]. The molecule has 0 fully saturated rings. The fourth-order valence-electron chi connectivity index (χ4n) is 4.73. The van der Waals surface area contributed by atoms with E-state index in [1.165, 1.54) is 24.3 Å². The normalized spacial score (nSPS) is 11.0. The minimum absolute atomic E-state index is 0. The van der Waals surface area contributed by atoms with Gasteiger partial charge in [-0.3, -0.25) is 20.2 Å². The first kappa shape index (κ1) is 35.0. The van der Waals surface area contributed by atoms with Crippen LogP contribution in [0.2, 0.25) is 0 Å². The number of nitro groups is 2. The van der Waals surface area contributed by atoms with Crippen molar-refractivity contribution in [2.75, 3.05) is 18.0 Å². The molecule has 0 amide bonds. The van der Waals surface area contributed by atoms with Crippen LogP contribution in [0.4, 0.5) is 28.4 Å². The summed E-state index contributed by atoms with van der Waals surface area (Å²) in [4.78, 5) is 23.5. The highest BCUT2D eigenvalue weighted by Gasteiger charge is 2.13. The smallest absolute Gasteiger partial charge is 0.269 e. The summed E-state index contributed by atoms with van der Waals surface area (Å²) in [7, 11) is 2.01. The Labute approximate surface area is 287 Å². The lowest BCUT2D eigenvalue weighted by atomic mass is 10.0. The molecule has 1 aromatic heterocycles. The Morgan fingerprint density at radius 2 is 1.33 bits per heavy atom. The second kappa shape index (κ2) is 16.6. The van der Waals surface area contributed by atoms with E-state index in [-0.39, 0.29) is 28.4 Å². The zero-order valence-corrected chi connectivity index (χ0v) is 27.8. The maximum atomic E-state index is 11.1. The van der Waals surface area contributed by atoms with Gasteiger partial charge in [0.2, 0.25) is 6.33 Å². The number of likely N-dealkylation sites (N-methyl/N-ethyl adjacent to an activating group) is 1. The van der Waals surface area contributed by atoms with Crippen molar-refractivity contribution in [3.05, 3.63) is 153 Å². The number of nitrogens with zero attached hydrogens (tertiary/aromatic N) is 9. The highest BCUT2D eigenvalue weighted by Crippen LogP contribution is 2.23. The van der Waals surface area contributed by atoms with E-state index in [4.69, 9.17) is 0 Å². The van der Waals surface area contributed by atoms with E-state index in [2.05, 4.69) is 61.5 Å². The highest BCUT2D eigenvalue weighted by molar-refractivity contribution is 6.13. The average molecular weight is 711 g/mol. The molecule has 0 aliphatic carbocycles. The van der Waals surface area contributed by atoms with Crippen LogP contribution in [0.3, 0.4) is 0 Å². The molecule has 5 rings (SSSR count). The second-order valence-corrected chi connectivity index (χ2v) is 10.5. The standard InChI is InChI=1S/C34H32N9O4.BrH/c1-3-41(23-22-40-21-20-39(2)25-40)31-18-12-30(13-19-31)37-36-29-10-4-26(5-11-29)24-35-38-34(27-6-14-32(15-7-27)42(44)45)28-8-16-33(17-9-28)43(46)47;/h4-21,24-25H,3,22-23H2,1-2H3;1H/q+1;/p-1. The van der Waals surface area contributed by atoms with Crippen LogP contribution in [0.25, 0.3) is 0 Å². The summed E-state index contributed by atoms with van der Waals surface area (Å²) in [6, 6.07) is 27.0. The van der Waals surface area contributed by atoms with E-state index in [1.807, 2.05) is 54.2 Å². The first-order valence-corrected chi connectivity index (χ1v) is 14.8. The fraction of sp³-hybridized carbons (Fsp3) is 0.147. The quantitative estimate of drug-likeness (QED) is 0.0597. The Hall–Kier alpha value is -5.89. The van der Waals surface area contributed by atoms with Crippen LogP contribution in [-0.4, -0.2) is 39.4 Å². The lowest BCUT2D eigenvalue weighted by Crippen LogP contribution is -3.00. The van der Waals surface area contributed by atoms with Crippen LogP contribution in [0, 0.1) is 20.2 Å². The minimum atomic E-state index is -0.488. The van der Waals surface area contributed by atoms with Gasteiger partial charge in [-0.2, -0.15) is 15.3 Å². The van der Waals surface area contributed by atoms with Gasteiger partial charge in [0, 0.05) is 47.6 Å². The lowest BCUT2D eigenvalue weighted by molar-refractivity contribution is -0.693. The van der Waals surface area contributed by atoms with Crippen LogP contribution < -0.4 is 26.4 Å². The molecule has 0 aliphatic rings. The summed E-state index contributed by atoms with van der Waals surface area (Å²) in [5, 5.41) is 39.5. The number of imidazole rings is 1. The van der Waals surface area contributed by atoms with Gasteiger partial charge in [-0.15, -0.1) is 5.10 Å². The molecule has 0 radical (unpaired) electrons. The zero-order chi connectivity index (χ0) is 33.2. The summed E-state index contributed by atoms with van der Waals surface area (Å²) < 4.78 is 4.19. The molecule has 13 nitrogen and oxygen atoms in total. The number of aryl methyl sites for hydroxylation is 1. The fourth-order valence-corrected chi connectivity index (χ4v) is 4.73. The summed E-state index contributed by atoms with van der Waals surface area (Å²) >= 11 is 0. The van der Waals surface area contributed by atoms with E-state index in [0.717, 1.165) is 36.6 Å². The highest BCUT2D eigenvalue weighted by atomic mass is 79.9. The monoisotopic (exact) mass is 709 g/mol. The first-order valence-electron chi connectivity index (χ1n) is 14.8. The molecule has 4 aromatic carbocycles.